The number of nitro benzene ring substituents is 1. The Labute approximate surface area is 121 Å². The Kier molecular flexibility index (Phi) is 4.57. The molecule has 2 aromatic rings. The van der Waals surface area contributed by atoms with Crippen LogP contribution in [0.5, 0.6) is 5.75 Å². The number of ether oxygens (including phenoxy) is 1. The zero-order valence-electron chi connectivity index (χ0n) is 11.5. The fourth-order valence-electron chi connectivity index (χ4n) is 1.98. The van der Waals surface area contributed by atoms with E-state index in [1.54, 1.807) is 25.3 Å². The third-order valence-corrected chi connectivity index (χ3v) is 2.99. The maximum Gasteiger partial charge on any atom is 0.316 e. The lowest BCUT2D eigenvalue weighted by atomic mass is 10.2. The topological polar surface area (TPSA) is 102 Å². The number of nitrogens with two attached hydrogens (primary N) is 1. The van der Waals surface area contributed by atoms with E-state index in [1.165, 1.54) is 0 Å². The Hall–Kier alpha value is -2.80. The van der Waals surface area contributed by atoms with E-state index in [1.807, 2.05) is 24.3 Å². The van der Waals surface area contributed by atoms with Gasteiger partial charge in [-0.05, 0) is 29.8 Å². The summed E-state index contributed by atoms with van der Waals surface area (Å²) in [6.45, 7) is 0.437. The number of hydrazine groups is 1. The second-order valence-corrected chi connectivity index (χ2v) is 4.31. The first-order chi connectivity index (χ1) is 10.2. The maximum absolute atomic E-state index is 11.2. The number of methoxy groups -OCH3 is 1. The number of hydrogen-bond donors (Lipinski definition) is 3. The molecule has 0 atom stereocenters. The van der Waals surface area contributed by atoms with Crippen LogP contribution in [0.15, 0.2) is 42.5 Å². The fourth-order valence-corrected chi connectivity index (χ4v) is 1.98. The van der Waals surface area contributed by atoms with Crippen molar-refractivity contribution in [2.75, 3.05) is 17.9 Å². The highest BCUT2D eigenvalue weighted by molar-refractivity contribution is 5.75. The molecule has 0 radical (unpaired) electrons. The van der Waals surface area contributed by atoms with Gasteiger partial charge in [-0.15, -0.1) is 0 Å². The summed E-state index contributed by atoms with van der Waals surface area (Å²) in [5.41, 5.74) is 3.87. The molecule has 21 heavy (non-hydrogen) atoms. The van der Waals surface area contributed by atoms with Crippen molar-refractivity contribution < 1.29 is 9.66 Å². The number of anilines is 2. The molecule has 2 rings (SSSR count). The van der Waals surface area contributed by atoms with Crippen molar-refractivity contribution in [3.05, 3.63) is 58.1 Å². The predicted molar refractivity (Wildman–Crippen MR) is 81.2 cm³/mol. The average molecular weight is 288 g/mol. The van der Waals surface area contributed by atoms with Gasteiger partial charge in [0.2, 0.25) is 0 Å². The van der Waals surface area contributed by atoms with E-state index in [4.69, 9.17) is 10.6 Å². The first-order valence-corrected chi connectivity index (χ1v) is 6.26. The first-order valence-electron chi connectivity index (χ1n) is 6.26. The molecule has 7 nitrogen and oxygen atoms in total. The normalized spacial score (nSPS) is 10.0. The molecule has 0 spiro atoms. The van der Waals surface area contributed by atoms with Crippen molar-refractivity contribution >= 4 is 17.1 Å². The monoisotopic (exact) mass is 288 g/mol. The summed E-state index contributed by atoms with van der Waals surface area (Å²) in [6, 6.07) is 12.4. The van der Waals surface area contributed by atoms with Gasteiger partial charge < -0.3 is 15.5 Å². The second kappa shape index (κ2) is 6.58. The Balaban J connectivity index is 2.21. The van der Waals surface area contributed by atoms with Gasteiger partial charge in [0.25, 0.3) is 0 Å². The summed E-state index contributed by atoms with van der Waals surface area (Å²) in [6.07, 6.45) is 0. The van der Waals surface area contributed by atoms with Gasteiger partial charge in [0, 0.05) is 6.54 Å². The van der Waals surface area contributed by atoms with E-state index in [0.717, 1.165) is 11.3 Å². The van der Waals surface area contributed by atoms with Gasteiger partial charge in [-0.25, -0.2) is 0 Å². The lowest BCUT2D eigenvalue weighted by Gasteiger charge is -2.10. The van der Waals surface area contributed by atoms with Crippen LogP contribution < -0.4 is 21.3 Å². The van der Waals surface area contributed by atoms with E-state index >= 15 is 0 Å². The van der Waals surface area contributed by atoms with Gasteiger partial charge in [0.1, 0.15) is 17.1 Å². The molecule has 0 aromatic heterocycles. The highest BCUT2D eigenvalue weighted by atomic mass is 16.6. The molecule has 0 bridgehead atoms. The minimum Gasteiger partial charge on any atom is -0.497 e. The van der Waals surface area contributed by atoms with Crippen molar-refractivity contribution in [3.8, 4) is 5.75 Å². The summed E-state index contributed by atoms with van der Waals surface area (Å²) < 4.78 is 5.14. The van der Waals surface area contributed by atoms with Crippen LogP contribution in [0.1, 0.15) is 5.56 Å². The third-order valence-electron chi connectivity index (χ3n) is 2.99. The van der Waals surface area contributed by atoms with Crippen LogP contribution >= 0.6 is 0 Å². The number of rotatable bonds is 6. The first kappa shape index (κ1) is 14.6. The molecule has 0 aliphatic heterocycles. The van der Waals surface area contributed by atoms with Crippen LogP contribution in [0.2, 0.25) is 0 Å². The molecule has 0 aliphatic rings. The number of nitrogen functional groups attached to an aromatic ring is 1. The molecule has 7 heteroatoms. The van der Waals surface area contributed by atoms with Crippen molar-refractivity contribution in [2.45, 2.75) is 6.54 Å². The van der Waals surface area contributed by atoms with Crippen LogP contribution in [0, 0.1) is 10.1 Å². The summed E-state index contributed by atoms with van der Waals surface area (Å²) in [5, 5.41) is 14.2. The standard InChI is InChI=1S/C14H16N4O3/c1-21-11-5-2-4-10(8-11)9-16-12-6-3-7-13(17-15)14(12)18(19)20/h2-8,16-17H,9,15H2,1H3. The Morgan fingerprint density at radius 2 is 1.95 bits per heavy atom. The van der Waals surface area contributed by atoms with Crippen molar-refractivity contribution in [3.63, 3.8) is 0 Å². The van der Waals surface area contributed by atoms with Crippen LogP contribution in [-0.4, -0.2) is 12.0 Å². The molecule has 0 saturated carbocycles. The number of nitrogens with zero attached hydrogens (tertiary/aromatic N) is 1. The summed E-state index contributed by atoms with van der Waals surface area (Å²) in [5.74, 6) is 6.04. The molecule has 0 aliphatic carbocycles. The number of para-hydroxylation sites is 1. The smallest absolute Gasteiger partial charge is 0.316 e. The molecular weight excluding hydrogens is 272 g/mol. The lowest BCUT2D eigenvalue weighted by Crippen LogP contribution is -2.11. The van der Waals surface area contributed by atoms with Crippen LogP contribution in [0.25, 0.3) is 0 Å². The van der Waals surface area contributed by atoms with E-state index < -0.39 is 4.92 Å². The molecule has 4 N–H and O–H groups in total. The van der Waals surface area contributed by atoms with Gasteiger partial charge in [-0.2, -0.15) is 0 Å². The minimum absolute atomic E-state index is 0.0807. The quantitative estimate of drug-likeness (QED) is 0.429. The molecule has 110 valence electrons. The maximum atomic E-state index is 11.2. The molecule has 0 unspecified atom stereocenters. The van der Waals surface area contributed by atoms with E-state index in [2.05, 4.69) is 10.7 Å². The van der Waals surface area contributed by atoms with E-state index in [0.29, 0.717) is 12.2 Å². The molecule has 0 heterocycles. The average Bonchev–Trinajstić information content (AvgIpc) is 2.52. The summed E-state index contributed by atoms with van der Waals surface area (Å²) >= 11 is 0. The van der Waals surface area contributed by atoms with Crippen LogP contribution in [0.4, 0.5) is 17.1 Å². The number of nitro groups is 1. The van der Waals surface area contributed by atoms with Crippen molar-refractivity contribution in [1.29, 1.82) is 0 Å². The number of benzene rings is 2. The lowest BCUT2D eigenvalue weighted by molar-refractivity contribution is -0.383. The Morgan fingerprint density at radius 1 is 1.24 bits per heavy atom. The largest absolute Gasteiger partial charge is 0.497 e. The highest BCUT2D eigenvalue weighted by Gasteiger charge is 2.18. The number of nitrogens with one attached hydrogen (secondary N) is 2. The molecule has 0 amide bonds. The van der Waals surface area contributed by atoms with Crippen molar-refractivity contribution in [1.82, 2.24) is 0 Å². The number of hydrogen-bond acceptors (Lipinski definition) is 6. The van der Waals surface area contributed by atoms with Crippen LogP contribution in [0.3, 0.4) is 0 Å². The second-order valence-electron chi connectivity index (χ2n) is 4.31. The molecule has 0 fully saturated rings. The van der Waals surface area contributed by atoms with Gasteiger partial charge in [0.05, 0.1) is 12.0 Å². The zero-order chi connectivity index (χ0) is 15.2. The van der Waals surface area contributed by atoms with Gasteiger partial charge in [-0.1, -0.05) is 18.2 Å². The minimum atomic E-state index is -0.469. The van der Waals surface area contributed by atoms with Gasteiger partial charge >= 0.3 is 5.69 Å². The molecule has 0 saturated heterocycles. The Bertz CT molecular complexity index is 646. The predicted octanol–water partition coefficient (Wildman–Crippen LogP) is 2.50. The van der Waals surface area contributed by atoms with Crippen molar-refractivity contribution in [2.24, 2.45) is 5.84 Å². The third kappa shape index (κ3) is 3.40. The molecular formula is C14H16N4O3. The van der Waals surface area contributed by atoms with Gasteiger partial charge in [0.15, 0.2) is 0 Å². The SMILES string of the molecule is COc1cccc(CNc2cccc(NN)c2[N+](=O)[O-])c1. The van der Waals surface area contributed by atoms with E-state index in [9.17, 15) is 10.1 Å². The van der Waals surface area contributed by atoms with Gasteiger partial charge in [-0.3, -0.25) is 16.0 Å². The molecule has 2 aromatic carbocycles. The fraction of sp³-hybridized carbons (Fsp3) is 0.143. The highest BCUT2D eigenvalue weighted by Crippen LogP contribution is 2.32. The summed E-state index contributed by atoms with van der Waals surface area (Å²) in [4.78, 5) is 10.7. The zero-order valence-corrected chi connectivity index (χ0v) is 11.5. The van der Waals surface area contributed by atoms with E-state index in [-0.39, 0.29) is 11.4 Å². The Morgan fingerprint density at radius 3 is 2.62 bits per heavy atom. The summed E-state index contributed by atoms with van der Waals surface area (Å²) in [7, 11) is 1.59. The van der Waals surface area contributed by atoms with Crippen LogP contribution in [-0.2, 0) is 6.54 Å².